The summed E-state index contributed by atoms with van der Waals surface area (Å²) in [5.41, 5.74) is 5.35. The minimum absolute atomic E-state index is 0.251. The monoisotopic (exact) mass is 275 g/mol. The summed E-state index contributed by atoms with van der Waals surface area (Å²) in [5, 5.41) is 0.761. The fraction of sp³-hybridized carbons (Fsp3) is 0.267. The van der Waals surface area contributed by atoms with E-state index in [0.29, 0.717) is 0 Å². The van der Waals surface area contributed by atoms with E-state index < -0.39 is 0 Å². The molecule has 19 heavy (non-hydrogen) atoms. The number of halogens is 1. The molecule has 0 saturated heterocycles. The van der Waals surface area contributed by atoms with Crippen molar-refractivity contribution in [2.24, 2.45) is 5.84 Å². The Labute approximate surface area is 118 Å². The van der Waals surface area contributed by atoms with E-state index in [4.69, 9.17) is 17.4 Å². The fourth-order valence-corrected chi connectivity index (χ4v) is 2.16. The number of aryl methyl sites for hydroxylation is 1. The van der Waals surface area contributed by atoms with Crippen LogP contribution in [0.15, 0.2) is 48.8 Å². The van der Waals surface area contributed by atoms with Gasteiger partial charge in [-0.15, -0.1) is 0 Å². The Balaban J connectivity index is 1.88. The number of nitrogens with one attached hydrogen (secondary N) is 1. The van der Waals surface area contributed by atoms with E-state index in [-0.39, 0.29) is 6.04 Å². The van der Waals surface area contributed by atoms with Gasteiger partial charge in [-0.3, -0.25) is 16.3 Å². The molecule has 0 aliphatic carbocycles. The van der Waals surface area contributed by atoms with Crippen molar-refractivity contribution in [2.45, 2.75) is 25.3 Å². The first-order valence-electron chi connectivity index (χ1n) is 6.37. The normalized spacial score (nSPS) is 12.3. The summed E-state index contributed by atoms with van der Waals surface area (Å²) >= 11 is 5.88. The standard InChI is InChI=1S/C15H18ClN3/c16-14-6-3-12(4-7-14)10-15(19-17)8-5-13-2-1-9-18-11-13/h1-4,6-7,9,11,15,19H,5,8,10,17H2. The first-order chi connectivity index (χ1) is 9.28. The van der Waals surface area contributed by atoms with E-state index in [1.165, 1.54) is 11.1 Å². The summed E-state index contributed by atoms with van der Waals surface area (Å²) in [7, 11) is 0. The smallest absolute Gasteiger partial charge is 0.0406 e. The third kappa shape index (κ3) is 4.63. The van der Waals surface area contributed by atoms with Crippen molar-refractivity contribution in [3.63, 3.8) is 0 Å². The maximum Gasteiger partial charge on any atom is 0.0406 e. The van der Waals surface area contributed by atoms with Crippen LogP contribution in [0.5, 0.6) is 0 Å². The van der Waals surface area contributed by atoms with Crippen LogP contribution in [0.25, 0.3) is 0 Å². The van der Waals surface area contributed by atoms with Crippen molar-refractivity contribution in [2.75, 3.05) is 0 Å². The van der Waals surface area contributed by atoms with Crippen molar-refractivity contribution in [3.8, 4) is 0 Å². The van der Waals surface area contributed by atoms with Crippen LogP contribution in [-0.4, -0.2) is 11.0 Å². The highest BCUT2D eigenvalue weighted by Gasteiger charge is 2.08. The lowest BCUT2D eigenvalue weighted by Gasteiger charge is -2.15. The van der Waals surface area contributed by atoms with Gasteiger partial charge in [0.1, 0.15) is 0 Å². The summed E-state index contributed by atoms with van der Waals surface area (Å²) in [6.45, 7) is 0. The number of nitrogens with two attached hydrogens (primary N) is 1. The van der Waals surface area contributed by atoms with Crippen LogP contribution < -0.4 is 11.3 Å². The Kier molecular flexibility index (Phi) is 5.33. The number of nitrogens with zero attached hydrogens (tertiary/aromatic N) is 1. The third-order valence-electron chi connectivity index (χ3n) is 3.14. The van der Waals surface area contributed by atoms with Crippen LogP contribution >= 0.6 is 11.6 Å². The second-order valence-electron chi connectivity index (χ2n) is 4.59. The molecule has 2 rings (SSSR count). The Morgan fingerprint density at radius 2 is 1.95 bits per heavy atom. The van der Waals surface area contributed by atoms with E-state index >= 15 is 0 Å². The van der Waals surface area contributed by atoms with Crippen molar-refractivity contribution in [1.82, 2.24) is 10.4 Å². The van der Waals surface area contributed by atoms with Gasteiger partial charge in [0.05, 0.1) is 0 Å². The van der Waals surface area contributed by atoms with E-state index in [2.05, 4.69) is 16.5 Å². The van der Waals surface area contributed by atoms with Gasteiger partial charge in [0, 0.05) is 23.5 Å². The molecule has 1 unspecified atom stereocenters. The molecule has 1 atom stereocenters. The molecule has 0 radical (unpaired) electrons. The van der Waals surface area contributed by atoms with Gasteiger partial charge in [-0.1, -0.05) is 29.8 Å². The lowest BCUT2D eigenvalue weighted by molar-refractivity contribution is 0.491. The molecule has 1 aromatic heterocycles. The molecule has 0 saturated carbocycles. The lowest BCUT2D eigenvalue weighted by Crippen LogP contribution is -2.37. The van der Waals surface area contributed by atoms with Gasteiger partial charge >= 0.3 is 0 Å². The predicted molar refractivity (Wildman–Crippen MR) is 78.8 cm³/mol. The predicted octanol–water partition coefficient (Wildman–Crippen LogP) is 2.74. The number of hydrogen-bond acceptors (Lipinski definition) is 3. The van der Waals surface area contributed by atoms with Crippen LogP contribution in [0.3, 0.4) is 0 Å². The molecule has 0 spiro atoms. The zero-order valence-corrected chi connectivity index (χ0v) is 11.5. The Morgan fingerprint density at radius 1 is 1.16 bits per heavy atom. The summed E-state index contributed by atoms with van der Waals surface area (Å²) < 4.78 is 0. The lowest BCUT2D eigenvalue weighted by atomic mass is 10.0. The van der Waals surface area contributed by atoms with E-state index in [1.54, 1.807) is 6.20 Å². The minimum atomic E-state index is 0.251. The van der Waals surface area contributed by atoms with Crippen LogP contribution in [0, 0.1) is 0 Å². The maximum absolute atomic E-state index is 5.88. The first kappa shape index (κ1) is 14.0. The van der Waals surface area contributed by atoms with E-state index in [0.717, 1.165) is 24.3 Å². The number of benzene rings is 1. The molecule has 1 heterocycles. The van der Waals surface area contributed by atoms with Crippen molar-refractivity contribution < 1.29 is 0 Å². The van der Waals surface area contributed by atoms with Gasteiger partial charge in [-0.2, -0.15) is 0 Å². The number of hydrazine groups is 1. The molecule has 3 N–H and O–H groups in total. The van der Waals surface area contributed by atoms with Gasteiger partial charge in [0.15, 0.2) is 0 Å². The Morgan fingerprint density at radius 3 is 2.58 bits per heavy atom. The molecule has 0 fully saturated rings. The molecule has 0 aliphatic heterocycles. The summed E-state index contributed by atoms with van der Waals surface area (Å²) in [5.74, 6) is 5.62. The fourth-order valence-electron chi connectivity index (χ4n) is 2.04. The zero-order chi connectivity index (χ0) is 13.5. The van der Waals surface area contributed by atoms with Crippen molar-refractivity contribution in [3.05, 3.63) is 64.9 Å². The Bertz CT molecular complexity index is 485. The van der Waals surface area contributed by atoms with Gasteiger partial charge in [-0.25, -0.2) is 0 Å². The quantitative estimate of drug-likeness (QED) is 0.630. The second-order valence-corrected chi connectivity index (χ2v) is 5.03. The van der Waals surface area contributed by atoms with Crippen LogP contribution in [-0.2, 0) is 12.8 Å². The molecule has 100 valence electrons. The van der Waals surface area contributed by atoms with Crippen LogP contribution in [0.1, 0.15) is 17.5 Å². The molecule has 4 heteroatoms. The van der Waals surface area contributed by atoms with E-state index in [1.807, 2.05) is 36.5 Å². The zero-order valence-electron chi connectivity index (χ0n) is 10.7. The molecule has 1 aromatic carbocycles. The highest BCUT2D eigenvalue weighted by atomic mass is 35.5. The minimum Gasteiger partial charge on any atom is -0.271 e. The van der Waals surface area contributed by atoms with Gasteiger partial charge < -0.3 is 0 Å². The van der Waals surface area contributed by atoms with Gasteiger partial charge in [0.2, 0.25) is 0 Å². The van der Waals surface area contributed by atoms with Gasteiger partial charge in [0.25, 0.3) is 0 Å². The number of hydrogen-bond donors (Lipinski definition) is 2. The molecule has 0 aliphatic rings. The second kappa shape index (κ2) is 7.24. The molecule has 2 aromatic rings. The topological polar surface area (TPSA) is 50.9 Å². The average Bonchev–Trinajstić information content (AvgIpc) is 2.46. The molecular weight excluding hydrogens is 258 g/mol. The molecule has 3 nitrogen and oxygen atoms in total. The highest BCUT2D eigenvalue weighted by molar-refractivity contribution is 6.30. The van der Waals surface area contributed by atoms with Crippen LogP contribution in [0.2, 0.25) is 5.02 Å². The molecule has 0 amide bonds. The van der Waals surface area contributed by atoms with Gasteiger partial charge in [-0.05, 0) is 48.6 Å². The Hall–Kier alpha value is -1.42. The van der Waals surface area contributed by atoms with E-state index in [9.17, 15) is 0 Å². The van der Waals surface area contributed by atoms with Crippen LogP contribution in [0.4, 0.5) is 0 Å². The number of aromatic nitrogens is 1. The number of rotatable bonds is 6. The highest BCUT2D eigenvalue weighted by Crippen LogP contribution is 2.13. The number of pyridine rings is 1. The molecule has 0 bridgehead atoms. The van der Waals surface area contributed by atoms with Crippen molar-refractivity contribution >= 4 is 11.6 Å². The summed E-state index contributed by atoms with van der Waals surface area (Å²) in [6, 6.07) is 12.2. The molecular formula is C15H18ClN3. The maximum atomic E-state index is 5.88. The first-order valence-corrected chi connectivity index (χ1v) is 6.75. The summed E-state index contributed by atoms with van der Waals surface area (Å²) in [4.78, 5) is 4.12. The summed E-state index contributed by atoms with van der Waals surface area (Å²) in [6.07, 6.45) is 6.53. The SMILES string of the molecule is NNC(CCc1cccnc1)Cc1ccc(Cl)cc1. The third-order valence-corrected chi connectivity index (χ3v) is 3.39. The average molecular weight is 276 g/mol. The van der Waals surface area contributed by atoms with Crippen molar-refractivity contribution in [1.29, 1.82) is 0 Å². The largest absolute Gasteiger partial charge is 0.271 e.